The number of alkyl halides is 3. The first-order valence-corrected chi connectivity index (χ1v) is 10.8. The Labute approximate surface area is 179 Å². The first kappa shape index (κ1) is 20.3. The molecule has 0 saturated heterocycles. The second-order valence-electron chi connectivity index (χ2n) is 8.67. The summed E-state index contributed by atoms with van der Waals surface area (Å²) in [5.41, 5.74) is 3.27. The predicted molar refractivity (Wildman–Crippen MR) is 116 cm³/mol. The largest absolute Gasteiger partial charge is 0.417 e. The summed E-state index contributed by atoms with van der Waals surface area (Å²) in [5.74, 6) is 1.05. The topological polar surface area (TPSA) is 25.4 Å². The van der Waals surface area contributed by atoms with Crippen molar-refractivity contribution >= 4 is 22.1 Å². The van der Waals surface area contributed by atoms with Crippen molar-refractivity contribution < 1.29 is 17.9 Å². The van der Waals surface area contributed by atoms with Crippen molar-refractivity contribution in [3.63, 3.8) is 0 Å². The fourth-order valence-electron chi connectivity index (χ4n) is 4.32. The normalized spacial score (nSPS) is 16.6. The van der Waals surface area contributed by atoms with E-state index in [9.17, 15) is 13.2 Å². The Bertz CT molecular complexity index is 1100. The average molecular weight is 426 g/mol. The molecule has 3 nitrogen and oxygen atoms in total. The molecule has 2 aromatic carbocycles. The molecule has 0 N–H and O–H groups in total. The lowest BCUT2D eigenvalue weighted by Gasteiger charge is -2.28. The van der Waals surface area contributed by atoms with E-state index in [1.165, 1.54) is 6.07 Å². The first-order chi connectivity index (χ1) is 15.0. The molecule has 162 valence electrons. The molecule has 0 atom stereocenters. The van der Waals surface area contributed by atoms with Crippen LogP contribution in [0.15, 0.2) is 48.7 Å². The molecule has 2 saturated carbocycles. The van der Waals surface area contributed by atoms with Crippen molar-refractivity contribution in [2.45, 2.75) is 44.4 Å². The molecule has 6 heteroatoms. The minimum atomic E-state index is -4.39. The highest BCUT2D eigenvalue weighted by Gasteiger charge is 2.34. The minimum Gasteiger partial charge on any atom is -0.380 e. The number of hydrogen-bond donors (Lipinski definition) is 0. The number of methoxy groups -OCH3 is 1. The molecule has 1 heterocycles. The second-order valence-corrected chi connectivity index (χ2v) is 8.67. The van der Waals surface area contributed by atoms with E-state index in [1.807, 2.05) is 6.20 Å². The molecule has 1 aromatic heterocycles. The summed E-state index contributed by atoms with van der Waals surface area (Å²) in [6.07, 6.45) is 2.08. The Balaban J connectivity index is 1.63. The van der Waals surface area contributed by atoms with Crippen LogP contribution in [0, 0.1) is 5.92 Å². The summed E-state index contributed by atoms with van der Waals surface area (Å²) in [6, 6.07) is 11.7. The number of pyridine rings is 1. The number of nitrogens with zero attached hydrogens (tertiary/aromatic N) is 2. The van der Waals surface area contributed by atoms with Crippen LogP contribution in [0.4, 0.5) is 24.5 Å². The SMILES string of the molecule is COCc1cc(N(CC2CC2)c2ccc(C(F)(F)F)c3ccccc23)cnc1C1CC1. The molecule has 0 radical (unpaired) electrons. The molecule has 0 bridgehead atoms. The van der Waals surface area contributed by atoms with Gasteiger partial charge in [0, 0.05) is 41.9 Å². The van der Waals surface area contributed by atoms with Crippen LogP contribution in [-0.4, -0.2) is 18.6 Å². The maximum Gasteiger partial charge on any atom is 0.417 e. The monoisotopic (exact) mass is 426 g/mol. The molecule has 31 heavy (non-hydrogen) atoms. The van der Waals surface area contributed by atoms with E-state index in [0.717, 1.165) is 54.9 Å². The van der Waals surface area contributed by atoms with Gasteiger partial charge in [-0.3, -0.25) is 4.98 Å². The van der Waals surface area contributed by atoms with Crippen molar-refractivity contribution in [3.05, 3.63) is 65.5 Å². The lowest BCUT2D eigenvalue weighted by molar-refractivity contribution is -0.136. The number of hydrogen-bond acceptors (Lipinski definition) is 3. The van der Waals surface area contributed by atoms with Gasteiger partial charge in [0.1, 0.15) is 0 Å². The van der Waals surface area contributed by atoms with Crippen LogP contribution in [0.5, 0.6) is 0 Å². The summed E-state index contributed by atoms with van der Waals surface area (Å²) >= 11 is 0. The number of fused-ring (bicyclic) bond motifs is 1. The lowest BCUT2D eigenvalue weighted by atomic mass is 10.0. The molecular formula is C25H25F3N2O. The Hall–Kier alpha value is -2.60. The van der Waals surface area contributed by atoms with E-state index in [-0.39, 0.29) is 5.39 Å². The van der Waals surface area contributed by atoms with E-state index < -0.39 is 11.7 Å². The molecule has 0 spiro atoms. The maximum atomic E-state index is 13.6. The Morgan fingerprint density at radius 3 is 2.42 bits per heavy atom. The predicted octanol–water partition coefficient (Wildman–Crippen LogP) is 6.83. The quantitative estimate of drug-likeness (QED) is 0.414. The van der Waals surface area contributed by atoms with Crippen LogP contribution in [0.1, 0.15) is 48.4 Å². The molecule has 0 amide bonds. The Kier molecular flexibility index (Phi) is 5.13. The average Bonchev–Trinajstić information content (AvgIpc) is 3.66. The number of anilines is 2. The lowest BCUT2D eigenvalue weighted by Crippen LogP contribution is -2.21. The van der Waals surface area contributed by atoms with Crippen LogP contribution >= 0.6 is 0 Å². The van der Waals surface area contributed by atoms with Gasteiger partial charge in [0.2, 0.25) is 0 Å². The number of benzene rings is 2. The fourth-order valence-corrected chi connectivity index (χ4v) is 4.32. The zero-order valence-corrected chi connectivity index (χ0v) is 17.5. The van der Waals surface area contributed by atoms with Gasteiger partial charge < -0.3 is 9.64 Å². The molecule has 3 aromatic rings. The molecular weight excluding hydrogens is 401 g/mol. The van der Waals surface area contributed by atoms with Gasteiger partial charge in [0.15, 0.2) is 0 Å². The molecule has 0 aliphatic heterocycles. The van der Waals surface area contributed by atoms with Gasteiger partial charge in [-0.2, -0.15) is 13.2 Å². The highest BCUT2D eigenvalue weighted by Crippen LogP contribution is 2.44. The zero-order chi connectivity index (χ0) is 21.6. The maximum absolute atomic E-state index is 13.6. The van der Waals surface area contributed by atoms with Gasteiger partial charge in [-0.1, -0.05) is 24.3 Å². The van der Waals surface area contributed by atoms with E-state index >= 15 is 0 Å². The number of ether oxygens (including phenoxy) is 1. The second kappa shape index (κ2) is 7.83. The third-order valence-electron chi connectivity index (χ3n) is 6.20. The Morgan fingerprint density at radius 1 is 1.03 bits per heavy atom. The van der Waals surface area contributed by atoms with Crippen LogP contribution in [0.25, 0.3) is 10.8 Å². The summed E-state index contributed by atoms with van der Waals surface area (Å²) in [7, 11) is 1.68. The van der Waals surface area contributed by atoms with Crippen LogP contribution in [-0.2, 0) is 17.5 Å². The third kappa shape index (κ3) is 4.13. The number of rotatable bonds is 7. The molecule has 2 aliphatic carbocycles. The van der Waals surface area contributed by atoms with Crippen molar-refractivity contribution in [1.29, 1.82) is 0 Å². The number of halogens is 3. The van der Waals surface area contributed by atoms with Crippen molar-refractivity contribution in [2.24, 2.45) is 5.92 Å². The van der Waals surface area contributed by atoms with Crippen molar-refractivity contribution in [1.82, 2.24) is 4.98 Å². The van der Waals surface area contributed by atoms with Gasteiger partial charge in [0.25, 0.3) is 0 Å². The minimum absolute atomic E-state index is 0.230. The molecule has 2 aliphatic rings. The summed E-state index contributed by atoms with van der Waals surface area (Å²) in [6.45, 7) is 1.25. The van der Waals surface area contributed by atoms with Crippen LogP contribution < -0.4 is 4.90 Å². The third-order valence-corrected chi connectivity index (χ3v) is 6.20. The van der Waals surface area contributed by atoms with Gasteiger partial charge >= 0.3 is 6.18 Å². The Morgan fingerprint density at radius 2 is 1.77 bits per heavy atom. The van der Waals surface area contributed by atoms with Gasteiger partial charge in [-0.05, 0) is 55.2 Å². The number of aromatic nitrogens is 1. The highest BCUT2D eigenvalue weighted by atomic mass is 19.4. The zero-order valence-electron chi connectivity index (χ0n) is 17.5. The van der Waals surface area contributed by atoms with Crippen LogP contribution in [0.3, 0.4) is 0 Å². The fraction of sp³-hybridized carbons (Fsp3) is 0.400. The standard InChI is InChI=1S/C25H25F3N2O/c1-31-15-18-12-19(13-29-24(18)17-8-9-17)30(14-16-6-7-16)23-11-10-22(25(26,27)28)20-4-2-3-5-21(20)23/h2-5,10-13,16-17H,6-9,14-15H2,1H3. The summed E-state index contributed by atoms with van der Waals surface area (Å²) in [4.78, 5) is 6.91. The van der Waals surface area contributed by atoms with E-state index in [2.05, 4.69) is 11.0 Å². The van der Waals surface area contributed by atoms with Crippen molar-refractivity contribution in [2.75, 3.05) is 18.6 Å². The van der Waals surface area contributed by atoms with E-state index in [1.54, 1.807) is 37.4 Å². The van der Waals surface area contributed by atoms with Gasteiger partial charge in [-0.15, -0.1) is 0 Å². The van der Waals surface area contributed by atoms with E-state index in [4.69, 9.17) is 9.72 Å². The van der Waals surface area contributed by atoms with Gasteiger partial charge in [-0.25, -0.2) is 0 Å². The molecule has 5 rings (SSSR count). The van der Waals surface area contributed by atoms with Gasteiger partial charge in [0.05, 0.1) is 24.1 Å². The molecule has 2 fully saturated rings. The highest BCUT2D eigenvalue weighted by molar-refractivity contribution is 5.98. The van der Waals surface area contributed by atoms with E-state index in [0.29, 0.717) is 23.8 Å². The van der Waals surface area contributed by atoms with Crippen molar-refractivity contribution in [3.8, 4) is 0 Å². The molecule has 0 unspecified atom stereocenters. The van der Waals surface area contributed by atoms with Crippen LogP contribution in [0.2, 0.25) is 0 Å². The summed E-state index contributed by atoms with van der Waals surface area (Å²) in [5, 5.41) is 0.838. The first-order valence-electron chi connectivity index (χ1n) is 10.8. The summed E-state index contributed by atoms with van der Waals surface area (Å²) < 4.78 is 46.3. The smallest absolute Gasteiger partial charge is 0.380 e.